The maximum atomic E-state index is 5.72. The molecule has 1 nitrogen and oxygen atoms in total. The number of hydrogen-bond donors (Lipinski definition) is 0. The zero-order valence-electron chi connectivity index (χ0n) is 12.5. The molecule has 0 N–H and O–H groups in total. The Hall–Kier alpha value is -1.47. The molecule has 0 radical (unpaired) electrons. The molecule has 0 atom stereocenters. The molecule has 2 aromatic rings. The summed E-state index contributed by atoms with van der Waals surface area (Å²) in [6.45, 7) is 1.06. The average Bonchev–Trinajstić information content (AvgIpc) is 2.56. The Bertz CT molecular complexity index is 444. The summed E-state index contributed by atoms with van der Waals surface area (Å²) in [5.41, 5.74) is 2.54. The number of rotatable bonds is 9. The topological polar surface area (TPSA) is 3.24 Å². The summed E-state index contributed by atoms with van der Waals surface area (Å²) < 4.78 is 0. The van der Waals surface area contributed by atoms with E-state index in [-0.39, 0.29) is 0 Å². The molecule has 2 aromatic carbocycles. The minimum Gasteiger partial charge on any atom is -0.341 e. The molecular weight excluding hydrogens is 278 g/mol. The van der Waals surface area contributed by atoms with Gasteiger partial charge in [0.05, 0.1) is 0 Å². The van der Waals surface area contributed by atoms with Crippen LogP contribution in [0.3, 0.4) is 0 Å². The fourth-order valence-electron chi connectivity index (χ4n) is 2.52. The molecule has 2 heteroatoms. The van der Waals surface area contributed by atoms with Crippen molar-refractivity contribution in [3.63, 3.8) is 0 Å². The van der Waals surface area contributed by atoms with Crippen molar-refractivity contribution in [2.75, 3.05) is 17.3 Å². The second-order valence-electron chi connectivity index (χ2n) is 5.28. The number of anilines is 2. The number of halogens is 1. The van der Waals surface area contributed by atoms with Gasteiger partial charge in [-0.05, 0) is 37.1 Å². The molecule has 0 aliphatic rings. The van der Waals surface area contributed by atoms with E-state index in [0.717, 1.165) is 18.8 Å². The van der Waals surface area contributed by atoms with E-state index in [9.17, 15) is 0 Å². The molecule has 21 heavy (non-hydrogen) atoms. The van der Waals surface area contributed by atoms with E-state index in [2.05, 4.69) is 65.6 Å². The van der Waals surface area contributed by atoms with E-state index in [4.69, 9.17) is 11.6 Å². The first-order valence-electron chi connectivity index (χ1n) is 7.85. The van der Waals surface area contributed by atoms with Crippen LogP contribution in [0.15, 0.2) is 60.7 Å². The van der Waals surface area contributed by atoms with Crippen molar-refractivity contribution in [2.45, 2.75) is 32.1 Å². The molecule has 0 fully saturated rings. The standard InChI is InChI=1S/C19H24ClN/c20-16-10-2-1-3-11-17-21(18-12-6-4-7-13-18)19-14-8-5-9-15-19/h4-9,12-15H,1-3,10-11,16-17H2. The minimum atomic E-state index is 0.792. The number of para-hydroxylation sites is 2. The van der Waals surface area contributed by atoms with Crippen LogP contribution in [0.5, 0.6) is 0 Å². The summed E-state index contributed by atoms with van der Waals surface area (Å²) in [7, 11) is 0. The number of unbranched alkanes of at least 4 members (excludes halogenated alkanes) is 4. The highest BCUT2D eigenvalue weighted by Crippen LogP contribution is 2.25. The van der Waals surface area contributed by atoms with Crippen LogP contribution in [0, 0.1) is 0 Å². The van der Waals surface area contributed by atoms with E-state index in [1.165, 1.54) is 37.1 Å². The van der Waals surface area contributed by atoms with Gasteiger partial charge < -0.3 is 4.90 Å². The Morgan fingerprint density at radius 2 is 1.10 bits per heavy atom. The highest BCUT2D eigenvalue weighted by molar-refractivity contribution is 6.17. The maximum Gasteiger partial charge on any atom is 0.0410 e. The molecule has 0 aliphatic carbocycles. The SMILES string of the molecule is ClCCCCCCCN(c1ccccc1)c1ccccc1. The summed E-state index contributed by atoms with van der Waals surface area (Å²) in [6.07, 6.45) is 6.16. The van der Waals surface area contributed by atoms with Gasteiger partial charge >= 0.3 is 0 Å². The normalized spacial score (nSPS) is 10.5. The lowest BCUT2D eigenvalue weighted by Gasteiger charge is -2.25. The van der Waals surface area contributed by atoms with Crippen LogP contribution >= 0.6 is 11.6 Å². The van der Waals surface area contributed by atoms with Crippen molar-refractivity contribution in [3.05, 3.63) is 60.7 Å². The fourth-order valence-corrected chi connectivity index (χ4v) is 2.71. The third-order valence-corrected chi connectivity index (χ3v) is 3.92. The number of hydrogen-bond acceptors (Lipinski definition) is 1. The number of nitrogens with zero attached hydrogens (tertiary/aromatic N) is 1. The summed E-state index contributed by atoms with van der Waals surface area (Å²) in [5.74, 6) is 0.792. The number of benzene rings is 2. The van der Waals surface area contributed by atoms with E-state index in [0.29, 0.717) is 0 Å². The molecule has 0 heterocycles. The Balaban J connectivity index is 1.94. The first-order chi connectivity index (χ1) is 10.4. The molecule has 0 saturated heterocycles. The van der Waals surface area contributed by atoms with Crippen molar-refractivity contribution in [3.8, 4) is 0 Å². The van der Waals surface area contributed by atoms with Gasteiger partial charge in [0, 0.05) is 23.8 Å². The van der Waals surface area contributed by atoms with E-state index < -0.39 is 0 Å². The molecular formula is C19H24ClN. The first kappa shape index (κ1) is 15.9. The van der Waals surface area contributed by atoms with Crippen molar-refractivity contribution < 1.29 is 0 Å². The van der Waals surface area contributed by atoms with Gasteiger partial charge in [-0.25, -0.2) is 0 Å². The lowest BCUT2D eigenvalue weighted by atomic mass is 10.1. The van der Waals surface area contributed by atoms with Crippen LogP contribution in [0.25, 0.3) is 0 Å². The van der Waals surface area contributed by atoms with Gasteiger partial charge in [0.25, 0.3) is 0 Å². The van der Waals surface area contributed by atoms with Gasteiger partial charge in [-0.1, -0.05) is 55.7 Å². The molecule has 0 amide bonds. The second kappa shape index (κ2) is 9.46. The van der Waals surface area contributed by atoms with Crippen molar-refractivity contribution in [2.24, 2.45) is 0 Å². The molecule has 0 saturated carbocycles. The maximum absolute atomic E-state index is 5.72. The summed E-state index contributed by atoms with van der Waals surface area (Å²) in [6, 6.07) is 21.3. The van der Waals surface area contributed by atoms with Crippen LogP contribution in [0.1, 0.15) is 32.1 Å². The highest BCUT2D eigenvalue weighted by Gasteiger charge is 2.07. The molecule has 0 aliphatic heterocycles. The molecule has 0 bridgehead atoms. The Labute approximate surface area is 133 Å². The van der Waals surface area contributed by atoms with Crippen LogP contribution in [-0.4, -0.2) is 12.4 Å². The lowest BCUT2D eigenvalue weighted by Crippen LogP contribution is -2.18. The summed E-state index contributed by atoms with van der Waals surface area (Å²) in [4.78, 5) is 2.40. The molecule has 0 aromatic heterocycles. The lowest BCUT2D eigenvalue weighted by molar-refractivity contribution is 0.636. The zero-order valence-corrected chi connectivity index (χ0v) is 13.3. The van der Waals surface area contributed by atoms with Gasteiger partial charge in [-0.15, -0.1) is 11.6 Å². The van der Waals surface area contributed by atoms with Gasteiger partial charge in [-0.2, -0.15) is 0 Å². The zero-order chi connectivity index (χ0) is 14.8. The highest BCUT2D eigenvalue weighted by atomic mass is 35.5. The molecule has 0 unspecified atom stereocenters. The van der Waals surface area contributed by atoms with Gasteiger partial charge in [0.15, 0.2) is 0 Å². The third kappa shape index (κ3) is 5.43. The first-order valence-corrected chi connectivity index (χ1v) is 8.39. The van der Waals surface area contributed by atoms with Crippen LogP contribution in [0.4, 0.5) is 11.4 Å². The van der Waals surface area contributed by atoms with Crippen molar-refractivity contribution >= 4 is 23.0 Å². The van der Waals surface area contributed by atoms with Crippen molar-refractivity contribution in [1.82, 2.24) is 0 Å². The Kier molecular flexibility index (Phi) is 7.17. The molecule has 0 spiro atoms. The largest absolute Gasteiger partial charge is 0.341 e. The molecule has 112 valence electrons. The second-order valence-corrected chi connectivity index (χ2v) is 5.66. The van der Waals surface area contributed by atoms with E-state index >= 15 is 0 Å². The average molecular weight is 302 g/mol. The van der Waals surface area contributed by atoms with Crippen LogP contribution < -0.4 is 4.90 Å². The third-order valence-electron chi connectivity index (χ3n) is 3.65. The Morgan fingerprint density at radius 3 is 1.62 bits per heavy atom. The predicted molar refractivity (Wildman–Crippen MR) is 93.7 cm³/mol. The number of alkyl halides is 1. The quantitative estimate of drug-likeness (QED) is 0.405. The van der Waals surface area contributed by atoms with Crippen molar-refractivity contribution in [1.29, 1.82) is 0 Å². The van der Waals surface area contributed by atoms with E-state index in [1.54, 1.807) is 0 Å². The monoisotopic (exact) mass is 301 g/mol. The van der Waals surface area contributed by atoms with Crippen LogP contribution in [0.2, 0.25) is 0 Å². The summed E-state index contributed by atoms with van der Waals surface area (Å²) >= 11 is 5.72. The minimum absolute atomic E-state index is 0.792. The van der Waals surface area contributed by atoms with Gasteiger partial charge in [-0.3, -0.25) is 0 Å². The fraction of sp³-hybridized carbons (Fsp3) is 0.368. The van der Waals surface area contributed by atoms with Gasteiger partial charge in [0.1, 0.15) is 0 Å². The molecule has 2 rings (SSSR count). The predicted octanol–water partition coefficient (Wildman–Crippen LogP) is 6.01. The van der Waals surface area contributed by atoms with Crippen LogP contribution in [-0.2, 0) is 0 Å². The Morgan fingerprint density at radius 1 is 0.619 bits per heavy atom. The summed E-state index contributed by atoms with van der Waals surface area (Å²) in [5, 5.41) is 0. The van der Waals surface area contributed by atoms with Gasteiger partial charge in [0.2, 0.25) is 0 Å². The smallest absolute Gasteiger partial charge is 0.0410 e. The van der Waals surface area contributed by atoms with E-state index in [1.807, 2.05) is 0 Å².